The minimum Gasteiger partial charge on any atom is -0.372 e. The summed E-state index contributed by atoms with van der Waals surface area (Å²) in [4.78, 5) is 6.78. The van der Waals surface area contributed by atoms with Crippen molar-refractivity contribution in [1.29, 1.82) is 0 Å². The number of hydrogen-bond donors (Lipinski definition) is 0. The number of pyridine rings is 1. The van der Waals surface area contributed by atoms with E-state index in [-0.39, 0.29) is 5.82 Å². The van der Waals surface area contributed by atoms with Gasteiger partial charge < -0.3 is 4.90 Å². The Morgan fingerprint density at radius 2 is 1.72 bits per heavy atom. The number of hydrogen-bond acceptors (Lipinski definition) is 4. The third-order valence-electron chi connectivity index (χ3n) is 4.56. The summed E-state index contributed by atoms with van der Waals surface area (Å²) in [7, 11) is 0. The highest BCUT2D eigenvalue weighted by Gasteiger charge is 2.11. The van der Waals surface area contributed by atoms with Crippen LogP contribution in [0.15, 0.2) is 52.8 Å². The predicted octanol–water partition coefficient (Wildman–Crippen LogP) is 5.19. The predicted molar refractivity (Wildman–Crippen MR) is 96.6 cm³/mol. The van der Waals surface area contributed by atoms with Crippen LogP contribution in [0.2, 0.25) is 0 Å². The van der Waals surface area contributed by atoms with E-state index in [0.29, 0.717) is 11.5 Å². The molecule has 128 valence electrons. The number of fused-ring (bicyclic) bond motifs is 1. The molecule has 1 saturated heterocycles. The monoisotopic (exact) mass is 337 g/mol. The van der Waals surface area contributed by atoms with Gasteiger partial charge in [0.1, 0.15) is 11.5 Å². The first-order valence-corrected chi connectivity index (χ1v) is 8.62. The molecule has 1 fully saturated rings. The van der Waals surface area contributed by atoms with Crippen molar-refractivity contribution in [3.63, 3.8) is 0 Å². The Labute approximate surface area is 145 Å². The Hall–Kier alpha value is -2.76. The quantitative estimate of drug-likeness (QED) is 0.618. The van der Waals surface area contributed by atoms with Crippen molar-refractivity contribution in [2.45, 2.75) is 26.2 Å². The van der Waals surface area contributed by atoms with Crippen LogP contribution in [-0.2, 0) is 0 Å². The van der Waals surface area contributed by atoms with Crippen LogP contribution >= 0.6 is 0 Å². The van der Waals surface area contributed by atoms with E-state index in [1.807, 2.05) is 19.1 Å². The van der Waals surface area contributed by atoms with E-state index in [4.69, 9.17) is 0 Å². The van der Waals surface area contributed by atoms with Gasteiger partial charge in [0.05, 0.1) is 11.4 Å². The maximum Gasteiger partial charge on any atom is 0.182 e. The van der Waals surface area contributed by atoms with Crippen LogP contribution in [0.3, 0.4) is 0 Å². The minimum absolute atomic E-state index is 0.327. The molecular weight excluding hydrogens is 317 g/mol. The van der Waals surface area contributed by atoms with Gasteiger partial charge in [-0.1, -0.05) is 0 Å². The largest absolute Gasteiger partial charge is 0.372 e. The summed E-state index contributed by atoms with van der Waals surface area (Å²) in [6.45, 7) is 4.08. The summed E-state index contributed by atoms with van der Waals surface area (Å²) < 4.78 is 15.1. The maximum absolute atomic E-state index is 13.5. The number of imidazole rings is 1. The number of anilines is 1. The molecule has 1 aromatic carbocycles. The third-order valence-corrected chi connectivity index (χ3v) is 4.56. The maximum atomic E-state index is 13.5. The summed E-state index contributed by atoms with van der Waals surface area (Å²) in [5.74, 6) is 0.224. The zero-order valence-electron chi connectivity index (χ0n) is 14.2. The van der Waals surface area contributed by atoms with Crippen LogP contribution in [0.25, 0.3) is 5.65 Å². The average molecular weight is 337 g/mol. The molecule has 0 unspecified atom stereocenters. The first-order chi connectivity index (χ1) is 12.2. The molecule has 0 radical (unpaired) electrons. The van der Waals surface area contributed by atoms with Crippen molar-refractivity contribution < 1.29 is 4.39 Å². The molecule has 5 nitrogen and oxygen atoms in total. The number of aromatic nitrogens is 2. The summed E-state index contributed by atoms with van der Waals surface area (Å²) >= 11 is 0. The molecule has 0 bridgehead atoms. The topological polar surface area (TPSA) is 45.3 Å². The molecule has 0 N–H and O–H groups in total. The van der Waals surface area contributed by atoms with E-state index in [1.165, 1.54) is 37.2 Å². The van der Waals surface area contributed by atoms with Gasteiger partial charge in [-0.05, 0) is 62.6 Å². The number of rotatable bonds is 3. The van der Waals surface area contributed by atoms with Crippen molar-refractivity contribution >= 4 is 22.8 Å². The van der Waals surface area contributed by atoms with Gasteiger partial charge in [0.15, 0.2) is 5.82 Å². The van der Waals surface area contributed by atoms with Gasteiger partial charge in [-0.2, -0.15) is 0 Å². The highest BCUT2D eigenvalue weighted by Crippen LogP contribution is 2.26. The van der Waals surface area contributed by atoms with Gasteiger partial charge >= 0.3 is 0 Å². The lowest BCUT2D eigenvalue weighted by Crippen LogP contribution is -2.29. The van der Waals surface area contributed by atoms with E-state index in [9.17, 15) is 4.39 Å². The average Bonchev–Trinajstić information content (AvgIpc) is 2.96. The molecule has 4 rings (SSSR count). The lowest BCUT2D eigenvalue weighted by Gasteiger charge is -2.28. The summed E-state index contributed by atoms with van der Waals surface area (Å²) in [6, 6.07) is 11.1. The summed E-state index contributed by atoms with van der Waals surface area (Å²) in [5.41, 5.74) is 3.38. The van der Waals surface area contributed by atoms with E-state index in [2.05, 4.69) is 32.2 Å². The molecule has 0 spiro atoms. The first kappa shape index (κ1) is 15.7. The van der Waals surface area contributed by atoms with Crippen molar-refractivity contribution in [2.24, 2.45) is 10.2 Å². The molecular formula is C19H20FN5. The van der Waals surface area contributed by atoms with E-state index < -0.39 is 0 Å². The lowest BCUT2D eigenvalue weighted by atomic mass is 10.1. The van der Waals surface area contributed by atoms with Gasteiger partial charge in [0, 0.05) is 25.0 Å². The Morgan fingerprint density at radius 3 is 2.48 bits per heavy atom. The lowest BCUT2D eigenvalue weighted by molar-refractivity contribution is 0.578. The number of aryl methyl sites for hydroxylation is 1. The number of benzene rings is 1. The van der Waals surface area contributed by atoms with Gasteiger partial charge in [-0.15, -0.1) is 10.2 Å². The Kier molecular flexibility index (Phi) is 4.17. The Bertz CT molecular complexity index is 907. The van der Waals surface area contributed by atoms with E-state index in [1.54, 1.807) is 10.5 Å². The zero-order valence-corrected chi connectivity index (χ0v) is 14.2. The molecule has 0 atom stereocenters. The van der Waals surface area contributed by atoms with Gasteiger partial charge in [-0.25, -0.2) is 9.37 Å². The van der Waals surface area contributed by atoms with E-state index >= 15 is 0 Å². The van der Waals surface area contributed by atoms with Crippen molar-refractivity contribution in [3.05, 3.63) is 54.1 Å². The minimum atomic E-state index is -0.327. The fourth-order valence-electron chi connectivity index (χ4n) is 3.23. The van der Waals surface area contributed by atoms with Gasteiger partial charge in [-0.3, -0.25) is 4.40 Å². The smallest absolute Gasteiger partial charge is 0.182 e. The van der Waals surface area contributed by atoms with Gasteiger partial charge in [0.2, 0.25) is 0 Å². The summed E-state index contributed by atoms with van der Waals surface area (Å²) in [6.07, 6.45) is 5.21. The highest BCUT2D eigenvalue weighted by molar-refractivity contribution is 5.54. The van der Waals surface area contributed by atoms with Crippen LogP contribution in [0.4, 0.5) is 21.6 Å². The normalized spacial score (nSPS) is 15.4. The molecule has 3 heterocycles. The Balaban J connectivity index is 1.57. The van der Waals surface area contributed by atoms with E-state index in [0.717, 1.165) is 24.5 Å². The molecule has 0 amide bonds. The van der Waals surface area contributed by atoms with Crippen LogP contribution in [0, 0.1) is 12.7 Å². The number of nitrogens with zero attached hydrogens (tertiary/aromatic N) is 5. The Morgan fingerprint density at radius 1 is 0.960 bits per heavy atom. The molecule has 25 heavy (non-hydrogen) atoms. The number of halogens is 1. The molecule has 2 aromatic heterocycles. The van der Waals surface area contributed by atoms with Crippen molar-refractivity contribution in [1.82, 2.24) is 9.38 Å². The second-order valence-corrected chi connectivity index (χ2v) is 6.36. The fraction of sp³-hybridized carbons (Fsp3) is 0.316. The molecule has 6 heteroatoms. The molecule has 1 aliphatic rings. The van der Waals surface area contributed by atoms with Gasteiger partial charge in [0.25, 0.3) is 0 Å². The SMILES string of the molecule is Cc1nc2ccc(F)cn2c1N=Nc1ccc(N2CCCCC2)cc1. The van der Waals surface area contributed by atoms with Crippen LogP contribution < -0.4 is 4.90 Å². The van der Waals surface area contributed by atoms with Crippen molar-refractivity contribution in [3.8, 4) is 0 Å². The second kappa shape index (κ2) is 6.63. The number of azo groups is 1. The van der Waals surface area contributed by atoms with Crippen LogP contribution in [0.5, 0.6) is 0 Å². The number of piperidine rings is 1. The third kappa shape index (κ3) is 3.24. The zero-order chi connectivity index (χ0) is 17.2. The second-order valence-electron chi connectivity index (χ2n) is 6.36. The van der Waals surface area contributed by atoms with Crippen LogP contribution in [-0.4, -0.2) is 22.5 Å². The summed E-state index contributed by atoms with van der Waals surface area (Å²) in [5, 5.41) is 8.59. The van der Waals surface area contributed by atoms with Crippen molar-refractivity contribution in [2.75, 3.05) is 18.0 Å². The van der Waals surface area contributed by atoms with Crippen LogP contribution in [0.1, 0.15) is 25.0 Å². The molecule has 0 saturated carbocycles. The highest BCUT2D eigenvalue weighted by atomic mass is 19.1. The fourth-order valence-corrected chi connectivity index (χ4v) is 3.23. The standard InChI is InChI=1S/C19H20FN5/c1-14-19(25-13-15(20)5-10-18(25)21-14)23-22-16-6-8-17(9-7-16)24-11-3-2-4-12-24/h5-10,13H,2-4,11-12H2,1H3. The molecule has 1 aliphatic heterocycles. The molecule has 0 aliphatic carbocycles. The first-order valence-electron chi connectivity index (χ1n) is 8.62. The molecule has 3 aromatic rings.